The summed E-state index contributed by atoms with van der Waals surface area (Å²) in [5.41, 5.74) is 1.09. The third-order valence-electron chi connectivity index (χ3n) is 3.58. The van der Waals surface area contributed by atoms with Crippen molar-refractivity contribution in [1.29, 1.82) is 0 Å². The molecule has 1 aliphatic heterocycles. The Balaban J connectivity index is 1.81. The van der Waals surface area contributed by atoms with E-state index >= 15 is 0 Å². The number of hydrogen-bond acceptors (Lipinski definition) is 4. The quantitative estimate of drug-likeness (QED) is 0.836. The van der Waals surface area contributed by atoms with Gasteiger partial charge in [-0.3, -0.25) is 0 Å². The predicted molar refractivity (Wildman–Crippen MR) is 74.9 cm³/mol. The van der Waals surface area contributed by atoms with Crippen LogP contribution in [-0.2, 0) is 6.42 Å². The Hall–Kier alpha value is -1.16. The summed E-state index contributed by atoms with van der Waals surface area (Å²) in [6.07, 6.45) is 5.96. The van der Waals surface area contributed by atoms with Crippen LogP contribution in [0.2, 0.25) is 0 Å². The van der Waals surface area contributed by atoms with Gasteiger partial charge < -0.3 is 10.2 Å². The number of aromatic nitrogens is 2. The van der Waals surface area contributed by atoms with Gasteiger partial charge in [-0.15, -0.1) is 5.10 Å². The summed E-state index contributed by atoms with van der Waals surface area (Å²) in [6.45, 7) is 4.38. The number of nitrogens with zero attached hydrogens (tertiary/aromatic N) is 3. The maximum atomic E-state index is 4.30. The highest BCUT2D eigenvalue weighted by atomic mass is 15.2. The van der Waals surface area contributed by atoms with Crippen LogP contribution in [0, 0.1) is 0 Å². The number of aryl methyl sites for hydroxylation is 1. The number of rotatable bonds is 6. The first kappa shape index (κ1) is 13.3. The molecule has 4 nitrogen and oxygen atoms in total. The third-order valence-corrected chi connectivity index (χ3v) is 3.58. The van der Waals surface area contributed by atoms with E-state index in [1.54, 1.807) is 0 Å². The molecule has 1 fully saturated rings. The zero-order valence-electron chi connectivity index (χ0n) is 11.5. The normalized spacial score (nSPS) is 19.1. The Bertz CT molecular complexity index is 343. The van der Waals surface area contributed by atoms with E-state index in [0.717, 1.165) is 30.9 Å². The van der Waals surface area contributed by atoms with E-state index in [4.69, 9.17) is 0 Å². The molecule has 0 radical (unpaired) electrons. The molecule has 1 unspecified atom stereocenters. The molecule has 0 amide bonds. The first-order valence-corrected chi connectivity index (χ1v) is 7.06. The van der Waals surface area contributed by atoms with Gasteiger partial charge in [0.25, 0.3) is 0 Å². The predicted octanol–water partition coefficient (Wildman–Crippen LogP) is 2.01. The molecule has 2 rings (SSSR count). The van der Waals surface area contributed by atoms with E-state index in [-0.39, 0.29) is 0 Å². The molecule has 4 heteroatoms. The van der Waals surface area contributed by atoms with Crippen LogP contribution in [0.1, 0.15) is 38.3 Å². The van der Waals surface area contributed by atoms with Crippen LogP contribution in [0.5, 0.6) is 0 Å². The van der Waals surface area contributed by atoms with Crippen molar-refractivity contribution in [3.8, 4) is 0 Å². The fraction of sp³-hybridized carbons (Fsp3) is 0.714. The maximum Gasteiger partial charge on any atom is 0.150 e. The number of hydrogen-bond donors (Lipinski definition) is 1. The molecule has 0 bridgehead atoms. The molecular weight excluding hydrogens is 224 g/mol. The SMILES string of the molecule is CCCc1ccc(N(C)CCC2CCCN2)nn1. The van der Waals surface area contributed by atoms with E-state index in [9.17, 15) is 0 Å². The molecule has 1 aromatic heterocycles. The van der Waals surface area contributed by atoms with Crippen molar-refractivity contribution >= 4 is 5.82 Å². The van der Waals surface area contributed by atoms with Gasteiger partial charge in [-0.2, -0.15) is 5.10 Å². The van der Waals surface area contributed by atoms with Crippen LogP contribution in [-0.4, -0.2) is 36.4 Å². The molecule has 1 aliphatic rings. The van der Waals surface area contributed by atoms with Crippen LogP contribution >= 0.6 is 0 Å². The van der Waals surface area contributed by atoms with E-state index in [1.165, 1.54) is 25.8 Å². The van der Waals surface area contributed by atoms with Gasteiger partial charge in [0.1, 0.15) is 0 Å². The van der Waals surface area contributed by atoms with Crippen LogP contribution in [0.25, 0.3) is 0 Å². The lowest BCUT2D eigenvalue weighted by Crippen LogP contribution is -2.28. The minimum atomic E-state index is 0.694. The van der Waals surface area contributed by atoms with Crippen molar-refractivity contribution in [2.75, 3.05) is 25.0 Å². The molecule has 18 heavy (non-hydrogen) atoms. The van der Waals surface area contributed by atoms with E-state index in [2.05, 4.69) is 46.5 Å². The Kier molecular flexibility index (Phi) is 4.93. The van der Waals surface area contributed by atoms with Crippen molar-refractivity contribution in [2.24, 2.45) is 0 Å². The number of nitrogens with one attached hydrogen (secondary N) is 1. The minimum absolute atomic E-state index is 0.694. The Labute approximate surface area is 110 Å². The molecule has 0 saturated carbocycles. The van der Waals surface area contributed by atoms with Gasteiger partial charge in [0.05, 0.1) is 5.69 Å². The van der Waals surface area contributed by atoms with Crippen LogP contribution in [0.3, 0.4) is 0 Å². The summed E-state index contributed by atoms with van der Waals surface area (Å²) < 4.78 is 0. The molecule has 2 heterocycles. The first-order valence-electron chi connectivity index (χ1n) is 7.06. The minimum Gasteiger partial charge on any atom is -0.358 e. The first-order chi connectivity index (χ1) is 8.79. The Morgan fingerprint density at radius 1 is 1.39 bits per heavy atom. The molecule has 100 valence electrons. The molecule has 0 aromatic carbocycles. The summed E-state index contributed by atoms with van der Waals surface area (Å²) in [7, 11) is 2.10. The summed E-state index contributed by atoms with van der Waals surface area (Å²) >= 11 is 0. The average Bonchev–Trinajstić information content (AvgIpc) is 2.90. The molecule has 1 atom stereocenters. The summed E-state index contributed by atoms with van der Waals surface area (Å²) in [4.78, 5) is 2.20. The van der Waals surface area contributed by atoms with E-state index in [0.29, 0.717) is 6.04 Å². The summed E-state index contributed by atoms with van der Waals surface area (Å²) in [5.74, 6) is 0.979. The van der Waals surface area contributed by atoms with Crippen molar-refractivity contribution in [2.45, 2.75) is 45.1 Å². The monoisotopic (exact) mass is 248 g/mol. The van der Waals surface area contributed by atoms with Gasteiger partial charge in [-0.1, -0.05) is 13.3 Å². The lowest BCUT2D eigenvalue weighted by Gasteiger charge is -2.20. The third kappa shape index (κ3) is 3.67. The second-order valence-corrected chi connectivity index (χ2v) is 5.14. The van der Waals surface area contributed by atoms with E-state index < -0.39 is 0 Å². The molecular formula is C14H24N4. The second-order valence-electron chi connectivity index (χ2n) is 5.14. The molecule has 1 aromatic rings. The van der Waals surface area contributed by atoms with Crippen LogP contribution < -0.4 is 10.2 Å². The molecule has 0 spiro atoms. The Morgan fingerprint density at radius 3 is 2.89 bits per heavy atom. The largest absolute Gasteiger partial charge is 0.358 e. The van der Waals surface area contributed by atoms with Gasteiger partial charge in [0.2, 0.25) is 0 Å². The topological polar surface area (TPSA) is 41.0 Å². The average molecular weight is 248 g/mol. The number of anilines is 1. The fourth-order valence-corrected chi connectivity index (χ4v) is 2.41. The Morgan fingerprint density at radius 2 is 2.28 bits per heavy atom. The maximum absolute atomic E-state index is 4.30. The van der Waals surface area contributed by atoms with Crippen LogP contribution in [0.15, 0.2) is 12.1 Å². The van der Waals surface area contributed by atoms with Crippen molar-refractivity contribution in [3.63, 3.8) is 0 Å². The van der Waals surface area contributed by atoms with Gasteiger partial charge >= 0.3 is 0 Å². The zero-order valence-corrected chi connectivity index (χ0v) is 11.5. The summed E-state index contributed by atoms with van der Waals surface area (Å²) in [6, 6.07) is 4.87. The molecule has 1 N–H and O–H groups in total. The van der Waals surface area contributed by atoms with Crippen molar-refractivity contribution in [1.82, 2.24) is 15.5 Å². The van der Waals surface area contributed by atoms with Gasteiger partial charge in [0, 0.05) is 19.6 Å². The van der Waals surface area contributed by atoms with E-state index in [1.807, 2.05) is 0 Å². The van der Waals surface area contributed by atoms with Crippen molar-refractivity contribution < 1.29 is 0 Å². The van der Waals surface area contributed by atoms with Gasteiger partial charge in [-0.25, -0.2) is 0 Å². The zero-order chi connectivity index (χ0) is 12.8. The molecule has 0 aliphatic carbocycles. The smallest absolute Gasteiger partial charge is 0.150 e. The van der Waals surface area contributed by atoms with Crippen molar-refractivity contribution in [3.05, 3.63) is 17.8 Å². The van der Waals surface area contributed by atoms with Gasteiger partial charge in [0.15, 0.2) is 5.82 Å². The lowest BCUT2D eigenvalue weighted by atomic mass is 10.1. The second kappa shape index (κ2) is 6.69. The fourth-order valence-electron chi connectivity index (χ4n) is 2.41. The standard InChI is InChI=1S/C14H24N4/c1-3-5-13-7-8-14(17-16-13)18(2)11-9-12-6-4-10-15-12/h7-8,12,15H,3-6,9-11H2,1-2H3. The van der Waals surface area contributed by atoms with Crippen LogP contribution in [0.4, 0.5) is 5.82 Å². The molecule has 1 saturated heterocycles. The summed E-state index contributed by atoms with van der Waals surface area (Å²) in [5, 5.41) is 12.1. The highest BCUT2D eigenvalue weighted by Gasteiger charge is 2.14. The van der Waals surface area contributed by atoms with Gasteiger partial charge in [-0.05, 0) is 44.4 Å². The highest BCUT2D eigenvalue weighted by Crippen LogP contribution is 2.13. The lowest BCUT2D eigenvalue weighted by molar-refractivity contribution is 0.557. The highest BCUT2D eigenvalue weighted by molar-refractivity contribution is 5.35.